The van der Waals surface area contributed by atoms with Crippen LogP contribution in [0.4, 0.5) is 11.4 Å². The third-order valence-corrected chi connectivity index (χ3v) is 5.83. The lowest BCUT2D eigenvalue weighted by Crippen LogP contribution is -1.95. The molecule has 0 fully saturated rings. The van der Waals surface area contributed by atoms with Crippen LogP contribution in [0.25, 0.3) is 6.08 Å². The number of rotatable bonds is 7. The number of carboxylic acids is 1. The maximum atomic E-state index is 11.0. The summed E-state index contributed by atoms with van der Waals surface area (Å²) in [5.41, 5.74) is 3.69. The second-order valence-corrected chi connectivity index (χ2v) is 8.28. The van der Waals surface area contributed by atoms with Gasteiger partial charge in [-0.05, 0) is 69.5 Å². The van der Waals surface area contributed by atoms with Gasteiger partial charge in [-0.25, -0.2) is 4.79 Å². The van der Waals surface area contributed by atoms with Crippen LogP contribution in [0.1, 0.15) is 11.1 Å². The zero-order valence-electron chi connectivity index (χ0n) is 14.7. The van der Waals surface area contributed by atoms with Crippen LogP contribution >= 0.6 is 39.3 Å². The van der Waals surface area contributed by atoms with Gasteiger partial charge in [0.15, 0.2) is 0 Å². The highest BCUT2D eigenvalue weighted by atomic mass is 79.9. The van der Waals surface area contributed by atoms with Gasteiger partial charge in [-0.3, -0.25) is 0 Å². The molecule has 0 amide bonds. The number of benzene rings is 3. The Balaban J connectivity index is 1.85. The molecule has 0 atom stereocenters. The number of anilines is 2. The minimum atomic E-state index is -0.985. The minimum absolute atomic E-state index is 0.635. The number of thioether (sulfide) groups is 1. The molecule has 28 heavy (non-hydrogen) atoms. The molecule has 0 spiro atoms. The van der Waals surface area contributed by atoms with Gasteiger partial charge in [-0.15, -0.1) is 11.8 Å². The van der Waals surface area contributed by atoms with Gasteiger partial charge in [0.05, 0.1) is 5.69 Å². The summed E-state index contributed by atoms with van der Waals surface area (Å²) in [5.74, 6) is -0.140. The van der Waals surface area contributed by atoms with E-state index >= 15 is 0 Å². The molecular formula is C22H17BrClNO2S. The fraction of sp³-hybridized carbons (Fsp3) is 0.0455. The smallest absolute Gasteiger partial charge is 0.328 e. The van der Waals surface area contributed by atoms with Crippen molar-refractivity contribution in [3.8, 4) is 0 Å². The van der Waals surface area contributed by atoms with Crippen LogP contribution in [0.5, 0.6) is 0 Å². The van der Waals surface area contributed by atoms with Crippen molar-refractivity contribution in [1.29, 1.82) is 0 Å². The molecule has 0 aromatic heterocycles. The maximum Gasteiger partial charge on any atom is 0.328 e. The molecule has 0 aliphatic rings. The molecule has 6 heteroatoms. The quantitative estimate of drug-likeness (QED) is 0.280. The molecule has 3 nitrogen and oxygen atoms in total. The average molecular weight is 475 g/mol. The Kier molecular flexibility index (Phi) is 7.20. The molecule has 0 saturated carbocycles. The highest BCUT2D eigenvalue weighted by Crippen LogP contribution is 2.33. The van der Waals surface area contributed by atoms with Gasteiger partial charge in [0.2, 0.25) is 0 Å². The van der Waals surface area contributed by atoms with E-state index in [-0.39, 0.29) is 0 Å². The van der Waals surface area contributed by atoms with Crippen molar-refractivity contribution in [3.05, 3.63) is 93.4 Å². The average Bonchev–Trinajstić information content (AvgIpc) is 2.68. The summed E-state index contributed by atoms with van der Waals surface area (Å²) in [7, 11) is 0. The first-order chi connectivity index (χ1) is 13.5. The van der Waals surface area contributed by atoms with Crippen molar-refractivity contribution in [2.75, 3.05) is 5.32 Å². The van der Waals surface area contributed by atoms with Crippen LogP contribution in [0.3, 0.4) is 0 Å². The summed E-state index contributed by atoms with van der Waals surface area (Å²) in [6, 6.07) is 21.7. The van der Waals surface area contributed by atoms with Crippen LogP contribution in [-0.2, 0) is 10.5 Å². The molecule has 0 aliphatic heterocycles. The molecule has 0 bridgehead atoms. The van der Waals surface area contributed by atoms with E-state index in [0.29, 0.717) is 5.02 Å². The first-order valence-electron chi connectivity index (χ1n) is 8.45. The van der Waals surface area contributed by atoms with E-state index in [4.69, 9.17) is 16.7 Å². The molecule has 3 rings (SSSR count). The third-order valence-electron chi connectivity index (χ3n) is 3.88. The van der Waals surface area contributed by atoms with E-state index < -0.39 is 5.97 Å². The molecule has 0 radical (unpaired) electrons. The lowest BCUT2D eigenvalue weighted by Gasteiger charge is -2.13. The van der Waals surface area contributed by atoms with Crippen LogP contribution in [0, 0.1) is 0 Å². The summed E-state index contributed by atoms with van der Waals surface area (Å²) >= 11 is 11.2. The first-order valence-corrected chi connectivity index (χ1v) is 10.6. The summed E-state index contributed by atoms with van der Waals surface area (Å²) in [6.07, 6.45) is 2.74. The largest absolute Gasteiger partial charge is 0.478 e. The zero-order chi connectivity index (χ0) is 19.9. The zero-order valence-corrected chi connectivity index (χ0v) is 17.9. The van der Waals surface area contributed by atoms with Gasteiger partial charge >= 0.3 is 5.97 Å². The second kappa shape index (κ2) is 9.82. The van der Waals surface area contributed by atoms with Crippen molar-refractivity contribution in [1.82, 2.24) is 0 Å². The van der Waals surface area contributed by atoms with Crippen molar-refractivity contribution >= 4 is 62.7 Å². The Morgan fingerprint density at radius 1 is 1.07 bits per heavy atom. The van der Waals surface area contributed by atoms with Crippen molar-refractivity contribution < 1.29 is 9.90 Å². The number of carboxylic acid groups (broad SMARTS) is 1. The van der Waals surface area contributed by atoms with Gasteiger partial charge < -0.3 is 10.4 Å². The number of halogens is 2. The number of nitrogens with one attached hydrogen (secondary N) is 1. The maximum absolute atomic E-state index is 11.0. The van der Waals surface area contributed by atoms with Crippen molar-refractivity contribution in [2.24, 2.45) is 0 Å². The standard InChI is InChI=1S/C22H17BrClNO2S/c23-19-13-17(24)7-9-21(19)25-20-10-8-18(12-16(20)6-11-22(26)27)28-14-15-4-2-1-3-5-15/h1-13,25H,14H2,(H,26,27)/b11-6+. The highest BCUT2D eigenvalue weighted by Gasteiger charge is 2.07. The van der Waals surface area contributed by atoms with E-state index in [1.807, 2.05) is 42.5 Å². The number of aliphatic carboxylic acids is 1. The van der Waals surface area contributed by atoms with Crippen LogP contribution in [0.15, 0.2) is 82.2 Å². The topological polar surface area (TPSA) is 49.3 Å². The predicted molar refractivity (Wildman–Crippen MR) is 122 cm³/mol. The Morgan fingerprint density at radius 2 is 1.82 bits per heavy atom. The SMILES string of the molecule is O=C(O)/C=C/c1cc(SCc2ccccc2)ccc1Nc1ccc(Cl)cc1Br. The van der Waals surface area contributed by atoms with Crippen molar-refractivity contribution in [2.45, 2.75) is 10.6 Å². The van der Waals surface area contributed by atoms with Crippen LogP contribution in [0.2, 0.25) is 5.02 Å². The lowest BCUT2D eigenvalue weighted by atomic mass is 10.1. The Labute approximate surface area is 181 Å². The van der Waals surface area contributed by atoms with E-state index in [9.17, 15) is 4.79 Å². The third kappa shape index (κ3) is 5.89. The molecule has 3 aromatic carbocycles. The fourth-order valence-corrected chi connectivity index (χ4v) is 4.20. The number of hydrogen-bond acceptors (Lipinski definition) is 3. The molecule has 0 heterocycles. The van der Waals surface area contributed by atoms with Gasteiger partial charge in [-0.2, -0.15) is 0 Å². The fourth-order valence-electron chi connectivity index (χ4n) is 2.52. The molecule has 3 aromatic rings. The lowest BCUT2D eigenvalue weighted by molar-refractivity contribution is -0.131. The predicted octanol–water partition coefficient (Wildman–Crippen LogP) is 7.24. The molecule has 142 valence electrons. The highest BCUT2D eigenvalue weighted by molar-refractivity contribution is 9.10. The van der Waals surface area contributed by atoms with E-state index in [2.05, 4.69) is 33.4 Å². The Bertz CT molecular complexity index is 1010. The Morgan fingerprint density at radius 3 is 2.54 bits per heavy atom. The molecule has 0 saturated heterocycles. The van der Waals surface area contributed by atoms with Gasteiger partial charge in [0, 0.05) is 31.9 Å². The van der Waals surface area contributed by atoms with E-state index in [0.717, 1.165) is 38.1 Å². The van der Waals surface area contributed by atoms with Crippen molar-refractivity contribution in [3.63, 3.8) is 0 Å². The summed E-state index contributed by atoms with van der Waals surface area (Å²) in [6.45, 7) is 0. The first kappa shape index (κ1) is 20.5. The number of hydrogen-bond donors (Lipinski definition) is 2. The minimum Gasteiger partial charge on any atom is -0.478 e. The molecule has 2 N–H and O–H groups in total. The molecule has 0 unspecified atom stereocenters. The van der Waals surface area contributed by atoms with Gasteiger partial charge in [0.25, 0.3) is 0 Å². The molecular weight excluding hydrogens is 458 g/mol. The van der Waals surface area contributed by atoms with E-state index in [1.165, 1.54) is 5.56 Å². The summed E-state index contributed by atoms with van der Waals surface area (Å²) in [4.78, 5) is 12.1. The Hall–Kier alpha value is -2.21. The second-order valence-electron chi connectivity index (χ2n) is 5.94. The van der Waals surface area contributed by atoms with Gasteiger partial charge in [0.1, 0.15) is 0 Å². The summed E-state index contributed by atoms with van der Waals surface area (Å²) in [5, 5.41) is 13.0. The van der Waals surface area contributed by atoms with Crippen LogP contribution < -0.4 is 5.32 Å². The number of carbonyl (C=O) groups is 1. The monoisotopic (exact) mass is 473 g/mol. The summed E-state index contributed by atoms with van der Waals surface area (Å²) < 4.78 is 0.829. The van der Waals surface area contributed by atoms with Crippen LogP contribution in [-0.4, -0.2) is 11.1 Å². The van der Waals surface area contributed by atoms with E-state index in [1.54, 1.807) is 30.0 Å². The molecule has 0 aliphatic carbocycles. The van der Waals surface area contributed by atoms with Gasteiger partial charge in [-0.1, -0.05) is 41.9 Å². The normalized spacial score (nSPS) is 10.9.